The maximum absolute atomic E-state index is 12.0. The molecule has 0 aromatic carbocycles. The van der Waals surface area contributed by atoms with Crippen LogP contribution in [0.25, 0.3) is 0 Å². The van der Waals surface area contributed by atoms with Crippen molar-refractivity contribution in [2.45, 2.75) is 59.0 Å². The molecule has 0 spiro atoms. The van der Waals surface area contributed by atoms with Gasteiger partial charge in [-0.3, -0.25) is 4.79 Å². The first-order chi connectivity index (χ1) is 9.34. The first-order valence-electron chi connectivity index (χ1n) is 7.91. The van der Waals surface area contributed by atoms with Crippen molar-refractivity contribution in [2.75, 3.05) is 26.7 Å². The van der Waals surface area contributed by atoms with Gasteiger partial charge in [0.1, 0.15) is 5.54 Å². The molecule has 3 unspecified atom stereocenters. The average molecular weight is 284 g/mol. The van der Waals surface area contributed by atoms with Crippen LogP contribution in [0.1, 0.15) is 47.5 Å². The third-order valence-electron chi connectivity index (χ3n) is 4.73. The number of ether oxygens (including phenoxy) is 1. The molecular formula is C16H32N2O2. The highest BCUT2D eigenvalue weighted by Gasteiger charge is 2.38. The van der Waals surface area contributed by atoms with Gasteiger partial charge < -0.3 is 15.0 Å². The summed E-state index contributed by atoms with van der Waals surface area (Å²) in [6.07, 6.45) is 2.07. The number of methoxy groups -OCH3 is 1. The molecule has 0 saturated carbocycles. The Morgan fingerprint density at radius 1 is 1.45 bits per heavy atom. The normalized spacial score (nSPS) is 24.6. The summed E-state index contributed by atoms with van der Waals surface area (Å²) in [7, 11) is 1.47. The molecule has 4 heteroatoms. The lowest BCUT2D eigenvalue weighted by molar-refractivity contribution is -0.148. The van der Waals surface area contributed by atoms with Crippen molar-refractivity contribution >= 4 is 5.97 Å². The van der Waals surface area contributed by atoms with Gasteiger partial charge in [0.15, 0.2) is 0 Å². The van der Waals surface area contributed by atoms with Crippen LogP contribution in [0.4, 0.5) is 0 Å². The topological polar surface area (TPSA) is 41.6 Å². The minimum absolute atomic E-state index is 0.161. The number of carbonyl (C=O) groups excluding carboxylic acids is 1. The monoisotopic (exact) mass is 284 g/mol. The number of nitrogens with zero attached hydrogens (tertiary/aromatic N) is 1. The highest BCUT2D eigenvalue weighted by molar-refractivity contribution is 5.80. The fourth-order valence-electron chi connectivity index (χ4n) is 3.32. The summed E-state index contributed by atoms with van der Waals surface area (Å²) < 4.78 is 4.97. The molecule has 1 saturated heterocycles. The van der Waals surface area contributed by atoms with Crippen LogP contribution in [-0.4, -0.2) is 49.2 Å². The Labute approximate surface area is 124 Å². The smallest absolute Gasteiger partial charge is 0.325 e. The zero-order chi connectivity index (χ0) is 15.3. The Balaban J connectivity index is 2.63. The Morgan fingerprint density at radius 3 is 2.55 bits per heavy atom. The van der Waals surface area contributed by atoms with Gasteiger partial charge in [-0.15, -0.1) is 0 Å². The van der Waals surface area contributed by atoms with Crippen LogP contribution in [0.2, 0.25) is 0 Å². The van der Waals surface area contributed by atoms with Gasteiger partial charge in [0.05, 0.1) is 7.11 Å². The highest BCUT2D eigenvalue weighted by atomic mass is 16.5. The first kappa shape index (κ1) is 17.4. The predicted molar refractivity (Wildman–Crippen MR) is 82.7 cm³/mol. The van der Waals surface area contributed by atoms with E-state index in [0.29, 0.717) is 6.04 Å². The van der Waals surface area contributed by atoms with Gasteiger partial charge in [-0.1, -0.05) is 20.8 Å². The second kappa shape index (κ2) is 7.41. The number of carbonyl (C=O) groups is 1. The standard InChI is InChI=1S/C16H32N2O2/c1-7-17-16(5,15(19)20-6)10-13(4)18-9-8-14(11-18)12(2)3/h12-14,17H,7-11H2,1-6H3. The minimum atomic E-state index is -0.584. The molecule has 1 N–H and O–H groups in total. The molecule has 4 nitrogen and oxygen atoms in total. The maximum atomic E-state index is 12.0. The van der Waals surface area contributed by atoms with Crippen LogP contribution < -0.4 is 5.32 Å². The van der Waals surface area contributed by atoms with Crippen LogP contribution in [0.15, 0.2) is 0 Å². The molecule has 1 heterocycles. The molecule has 0 aliphatic carbocycles. The Hall–Kier alpha value is -0.610. The van der Waals surface area contributed by atoms with E-state index in [1.54, 1.807) is 0 Å². The third kappa shape index (κ3) is 4.19. The lowest BCUT2D eigenvalue weighted by Gasteiger charge is -2.34. The Morgan fingerprint density at radius 2 is 2.10 bits per heavy atom. The molecule has 118 valence electrons. The highest BCUT2D eigenvalue weighted by Crippen LogP contribution is 2.27. The van der Waals surface area contributed by atoms with Gasteiger partial charge in [-0.2, -0.15) is 0 Å². The van der Waals surface area contributed by atoms with Gasteiger partial charge in [0, 0.05) is 12.6 Å². The van der Waals surface area contributed by atoms with Crippen LogP contribution >= 0.6 is 0 Å². The van der Waals surface area contributed by atoms with Crippen LogP contribution in [-0.2, 0) is 9.53 Å². The largest absolute Gasteiger partial charge is 0.468 e. The summed E-state index contributed by atoms with van der Waals surface area (Å²) in [5, 5.41) is 3.30. The summed E-state index contributed by atoms with van der Waals surface area (Å²) in [6.45, 7) is 13.9. The SMILES string of the molecule is CCNC(C)(CC(C)N1CCC(C(C)C)C1)C(=O)OC. The zero-order valence-electron chi connectivity index (χ0n) is 14.0. The number of rotatable bonds is 7. The van der Waals surface area contributed by atoms with Crippen molar-refractivity contribution in [3.05, 3.63) is 0 Å². The van der Waals surface area contributed by atoms with Gasteiger partial charge in [0.2, 0.25) is 0 Å². The van der Waals surface area contributed by atoms with E-state index < -0.39 is 5.54 Å². The molecular weight excluding hydrogens is 252 g/mol. The Bertz CT molecular complexity index is 320. The summed E-state index contributed by atoms with van der Waals surface area (Å²) in [4.78, 5) is 14.6. The van der Waals surface area contributed by atoms with Crippen molar-refractivity contribution in [2.24, 2.45) is 11.8 Å². The summed E-state index contributed by atoms with van der Waals surface area (Å²) in [5.74, 6) is 1.37. The van der Waals surface area contributed by atoms with E-state index in [-0.39, 0.29) is 5.97 Å². The number of nitrogens with one attached hydrogen (secondary N) is 1. The van der Waals surface area contributed by atoms with E-state index in [1.165, 1.54) is 13.5 Å². The molecule has 20 heavy (non-hydrogen) atoms. The van der Waals surface area contributed by atoms with Crippen molar-refractivity contribution in [1.82, 2.24) is 10.2 Å². The van der Waals surface area contributed by atoms with Crippen LogP contribution in [0.5, 0.6) is 0 Å². The van der Waals surface area contributed by atoms with Crippen LogP contribution in [0.3, 0.4) is 0 Å². The summed E-state index contributed by atoms with van der Waals surface area (Å²) in [6, 6.07) is 0.391. The van der Waals surface area contributed by atoms with Crippen molar-refractivity contribution < 1.29 is 9.53 Å². The molecule has 1 aliphatic rings. The number of esters is 1. The minimum Gasteiger partial charge on any atom is -0.468 e. The predicted octanol–water partition coefficient (Wildman–Crippen LogP) is 2.28. The quantitative estimate of drug-likeness (QED) is 0.728. The van der Waals surface area contributed by atoms with Crippen molar-refractivity contribution in [3.63, 3.8) is 0 Å². The van der Waals surface area contributed by atoms with Crippen LogP contribution in [0, 0.1) is 11.8 Å². The van der Waals surface area contributed by atoms with E-state index in [4.69, 9.17) is 4.74 Å². The molecule has 0 aromatic heterocycles. The lowest BCUT2D eigenvalue weighted by Crippen LogP contribution is -2.53. The fourth-order valence-corrected chi connectivity index (χ4v) is 3.32. The number of likely N-dealkylation sites (tertiary alicyclic amines) is 1. The van der Waals surface area contributed by atoms with Crippen molar-refractivity contribution in [1.29, 1.82) is 0 Å². The zero-order valence-corrected chi connectivity index (χ0v) is 14.0. The second-order valence-electron chi connectivity index (χ2n) is 6.69. The molecule has 0 aromatic rings. The van der Waals surface area contributed by atoms with Gasteiger partial charge in [-0.25, -0.2) is 0 Å². The first-order valence-corrected chi connectivity index (χ1v) is 7.91. The average Bonchev–Trinajstić information content (AvgIpc) is 2.87. The lowest BCUT2D eigenvalue weighted by atomic mass is 9.92. The van der Waals surface area contributed by atoms with Gasteiger partial charge in [-0.05, 0) is 51.6 Å². The van der Waals surface area contributed by atoms with Gasteiger partial charge in [0.25, 0.3) is 0 Å². The van der Waals surface area contributed by atoms with E-state index in [1.807, 2.05) is 13.8 Å². The summed E-state index contributed by atoms with van der Waals surface area (Å²) in [5.41, 5.74) is -0.584. The maximum Gasteiger partial charge on any atom is 0.325 e. The molecule has 0 bridgehead atoms. The number of likely N-dealkylation sites (N-methyl/N-ethyl adjacent to an activating group) is 1. The van der Waals surface area contributed by atoms with E-state index in [0.717, 1.165) is 37.9 Å². The molecule has 0 amide bonds. The van der Waals surface area contributed by atoms with Gasteiger partial charge >= 0.3 is 5.97 Å². The van der Waals surface area contributed by atoms with E-state index >= 15 is 0 Å². The fraction of sp³-hybridized carbons (Fsp3) is 0.938. The van der Waals surface area contributed by atoms with E-state index in [2.05, 4.69) is 31.0 Å². The molecule has 0 radical (unpaired) electrons. The van der Waals surface area contributed by atoms with Crippen molar-refractivity contribution in [3.8, 4) is 0 Å². The Kier molecular flexibility index (Phi) is 6.46. The third-order valence-corrected chi connectivity index (χ3v) is 4.73. The molecule has 1 rings (SSSR count). The summed E-state index contributed by atoms with van der Waals surface area (Å²) >= 11 is 0. The van der Waals surface area contributed by atoms with E-state index in [9.17, 15) is 4.79 Å². The molecule has 3 atom stereocenters. The number of hydrogen-bond acceptors (Lipinski definition) is 4. The number of hydrogen-bond donors (Lipinski definition) is 1. The molecule has 1 fully saturated rings. The molecule has 1 aliphatic heterocycles. The second-order valence-corrected chi connectivity index (χ2v) is 6.69.